The van der Waals surface area contributed by atoms with Crippen LogP contribution in [0.1, 0.15) is 13.8 Å². The van der Waals surface area contributed by atoms with E-state index in [-0.39, 0.29) is 33.9 Å². The lowest BCUT2D eigenvalue weighted by atomic mass is 10.2. The van der Waals surface area contributed by atoms with Crippen molar-refractivity contribution in [2.45, 2.75) is 36.0 Å². The number of rotatable bonds is 4. The van der Waals surface area contributed by atoms with Gasteiger partial charge in [-0.15, -0.1) is 0 Å². The van der Waals surface area contributed by atoms with Crippen molar-refractivity contribution in [2.75, 3.05) is 18.0 Å². The average Bonchev–Trinajstić information content (AvgIpc) is 3.14. The maximum Gasteiger partial charge on any atom is 0.236 e. The summed E-state index contributed by atoms with van der Waals surface area (Å²) in [4.78, 5) is 6.36. The molecule has 6 nitrogen and oxygen atoms in total. The zero-order valence-electron chi connectivity index (χ0n) is 16.4. The minimum Gasteiger partial charge on any atom is -0.419 e. The first-order valence-corrected chi connectivity index (χ1v) is 11.7. The van der Waals surface area contributed by atoms with E-state index in [1.165, 1.54) is 24.3 Å². The van der Waals surface area contributed by atoms with Crippen molar-refractivity contribution in [3.63, 3.8) is 0 Å². The Hall–Kier alpha value is -2.06. The predicted molar refractivity (Wildman–Crippen MR) is 116 cm³/mol. The predicted octanol–water partition coefficient (Wildman–Crippen LogP) is 5.09. The maximum atomic E-state index is 13.4. The molecule has 1 fully saturated rings. The smallest absolute Gasteiger partial charge is 0.236 e. The van der Waals surface area contributed by atoms with E-state index < -0.39 is 9.84 Å². The van der Waals surface area contributed by atoms with E-state index in [2.05, 4.69) is 4.98 Å². The Balaban J connectivity index is 1.85. The SMILES string of the molecule is CC1CN(c2oc(-c3ccc(Cl)cc3)nc2S(=O)(=O)c2ccc(Cl)cc2)CC(C)O1. The highest BCUT2D eigenvalue weighted by Gasteiger charge is 2.34. The van der Waals surface area contributed by atoms with Crippen molar-refractivity contribution >= 4 is 38.9 Å². The minimum atomic E-state index is -3.94. The quantitative estimate of drug-likeness (QED) is 0.532. The molecule has 2 aromatic carbocycles. The second-order valence-electron chi connectivity index (χ2n) is 7.26. The highest BCUT2D eigenvalue weighted by Crippen LogP contribution is 2.36. The van der Waals surface area contributed by atoms with Gasteiger partial charge in [-0.05, 0) is 62.4 Å². The number of ether oxygens (including phenoxy) is 1. The van der Waals surface area contributed by atoms with Crippen LogP contribution in [-0.4, -0.2) is 38.7 Å². The third-order valence-electron chi connectivity index (χ3n) is 4.76. The van der Waals surface area contributed by atoms with Gasteiger partial charge in [-0.1, -0.05) is 23.2 Å². The molecule has 2 unspecified atom stereocenters. The molecule has 0 aliphatic carbocycles. The summed E-state index contributed by atoms with van der Waals surface area (Å²) in [6.45, 7) is 4.85. The van der Waals surface area contributed by atoms with Crippen molar-refractivity contribution < 1.29 is 17.6 Å². The van der Waals surface area contributed by atoms with Crippen LogP contribution >= 0.6 is 23.2 Å². The van der Waals surface area contributed by atoms with Crippen molar-refractivity contribution in [1.82, 2.24) is 4.98 Å². The highest BCUT2D eigenvalue weighted by atomic mass is 35.5. The molecule has 0 radical (unpaired) electrons. The summed E-state index contributed by atoms with van der Waals surface area (Å²) in [5.41, 5.74) is 0.632. The van der Waals surface area contributed by atoms with Crippen LogP contribution in [0, 0.1) is 0 Å². The van der Waals surface area contributed by atoms with Gasteiger partial charge in [0.25, 0.3) is 0 Å². The number of halogens is 2. The average molecular weight is 467 g/mol. The summed E-state index contributed by atoms with van der Waals surface area (Å²) >= 11 is 11.9. The number of oxazole rings is 1. The monoisotopic (exact) mass is 466 g/mol. The summed E-state index contributed by atoms with van der Waals surface area (Å²) in [6, 6.07) is 12.9. The van der Waals surface area contributed by atoms with Crippen molar-refractivity contribution in [2.24, 2.45) is 0 Å². The van der Waals surface area contributed by atoms with Crippen molar-refractivity contribution in [3.05, 3.63) is 58.6 Å². The molecule has 0 bridgehead atoms. The molecule has 1 aliphatic heterocycles. The number of anilines is 1. The van der Waals surface area contributed by atoms with Crippen LogP contribution in [0.25, 0.3) is 11.5 Å². The normalized spacial score (nSPS) is 19.8. The Morgan fingerprint density at radius 3 is 2.03 bits per heavy atom. The van der Waals surface area contributed by atoms with Crippen LogP contribution in [0.5, 0.6) is 0 Å². The molecular formula is C21H20Cl2N2O4S. The molecule has 9 heteroatoms. The Morgan fingerprint density at radius 2 is 1.47 bits per heavy atom. The van der Waals surface area contributed by atoms with Gasteiger partial charge in [0.1, 0.15) is 0 Å². The van der Waals surface area contributed by atoms with Crippen molar-refractivity contribution in [3.8, 4) is 11.5 Å². The zero-order chi connectivity index (χ0) is 21.5. The standard InChI is InChI=1S/C21H20Cl2N2O4S/c1-13-11-25(12-14(2)28-13)21-20(30(26,27)18-9-7-17(23)8-10-18)24-19(29-21)15-3-5-16(22)6-4-15/h3-10,13-14H,11-12H2,1-2H3. The molecule has 1 aromatic heterocycles. The van der Waals surface area contributed by atoms with E-state index in [1.54, 1.807) is 24.3 Å². The van der Waals surface area contributed by atoms with Gasteiger partial charge in [0.2, 0.25) is 26.6 Å². The summed E-state index contributed by atoms with van der Waals surface area (Å²) < 4.78 is 38.7. The number of morpholine rings is 1. The fourth-order valence-corrected chi connectivity index (χ4v) is 5.03. The van der Waals surface area contributed by atoms with E-state index in [0.29, 0.717) is 28.7 Å². The Kier molecular flexibility index (Phi) is 5.81. The summed E-state index contributed by atoms with van der Waals surface area (Å²) in [6.07, 6.45) is -0.159. The van der Waals surface area contributed by atoms with E-state index in [1.807, 2.05) is 18.7 Å². The molecule has 1 aliphatic rings. The van der Waals surface area contributed by atoms with Crippen molar-refractivity contribution in [1.29, 1.82) is 0 Å². The maximum absolute atomic E-state index is 13.4. The summed E-state index contributed by atoms with van der Waals surface area (Å²) in [7, 11) is -3.94. The van der Waals surface area contributed by atoms with Gasteiger partial charge in [0.15, 0.2) is 0 Å². The second-order valence-corrected chi connectivity index (χ2v) is 9.99. The van der Waals surface area contributed by atoms with E-state index in [9.17, 15) is 8.42 Å². The molecular weight excluding hydrogens is 447 g/mol. The van der Waals surface area contributed by atoms with Crippen LogP contribution in [0.15, 0.2) is 62.9 Å². The molecule has 30 heavy (non-hydrogen) atoms. The fraction of sp³-hybridized carbons (Fsp3) is 0.286. The molecule has 0 N–H and O–H groups in total. The van der Waals surface area contributed by atoms with Gasteiger partial charge in [0.05, 0.1) is 17.1 Å². The first kappa shape index (κ1) is 21.2. The topological polar surface area (TPSA) is 72.6 Å². The van der Waals surface area contributed by atoms with E-state index in [0.717, 1.165) is 0 Å². The molecule has 2 atom stereocenters. The minimum absolute atomic E-state index is 0.0797. The van der Waals surface area contributed by atoms with Crippen LogP contribution < -0.4 is 4.90 Å². The first-order valence-electron chi connectivity index (χ1n) is 9.42. The number of sulfone groups is 1. The molecule has 0 spiro atoms. The second kappa shape index (κ2) is 8.23. The van der Waals surface area contributed by atoms with Crippen LogP contribution in [0.4, 0.5) is 5.88 Å². The van der Waals surface area contributed by atoms with E-state index in [4.69, 9.17) is 32.4 Å². The molecule has 4 rings (SSSR count). The number of hydrogen-bond donors (Lipinski definition) is 0. The van der Waals surface area contributed by atoms with Gasteiger partial charge in [-0.25, -0.2) is 8.42 Å². The molecule has 3 aromatic rings. The van der Waals surface area contributed by atoms with Crippen LogP contribution in [0.2, 0.25) is 10.0 Å². The Morgan fingerprint density at radius 1 is 0.933 bits per heavy atom. The van der Waals surface area contributed by atoms with E-state index >= 15 is 0 Å². The largest absolute Gasteiger partial charge is 0.419 e. The highest BCUT2D eigenvalue weighted by molar-refractivity contribution is 7.91. The van der Waals surface area contributed by atoms with Gasteiger partial charge in [-0.2, -0.15) is 4.98 Å². The Labute approximate surface area is 185 Å². The summed E-state index contributed by atoms with van der Waals surface area (Å²) in [5.74, 6) is 0.415. The molecule has 1 saturated heterocycles. The van der Waals surface area contributed by atoms with Gasteiger partial charge >= 0.3 is 0 Å². The lowest BCUT2D eigenvalue weighted by Gasteiger charge is -2.35. The molecule has 2 heterocycles. The molecule has 158 valence electrons. The molecule has 0 amide bonds. The number of aromatic nitrogens is 1. The first-order chi connectivity index (χ1) is 14.2. The molecule has 0 saturated carbocycles. The Bertz CT molecular complexity index is 1130. The summed E-state index contributed by atoms with van der Waals surface area (Å²) in [5, 5.41) is 0.887. The van der Waals surface area contributed by atoms with Gasteiger partial charge in [-0.3, -0.25) is 0 Å². The lowest BCUT2D eigenvalue weighted by Crippen LogP contribution is -2.45. The van der Waals surface area contributed by atoms with Crippen LogP contribution in [0.3, 0.4) is 0 Å². The van der Waals surface area contributed by atoms with Gasteiger partial charge in [0, 0.05) is 28.7 Å². The fourth-order valence-electron chi connectivity index (χ4n) is 3.46. The third-order valence-corrected chi connectivity index (χ3v) is 6.93. The lowest BCUT2D eigenvalue weighted by molar-refractivity contribution is -0.00657. The third kappa shape index (κ3) is 4.21. The number of hydrogen-bond acceptors (Lipinski definition) is 6. The number of nitrogens with zero attached hydrogens (tertiary/aromatic N) is 2. The van der Waals surface area contributed by atoms with Crippen LogP contribution in [-0.2, 0) is 14.6 Å². The van der Waals surface area contributed by atoms with Gasteiger partial charge < -0.3 is 14.1 Å². The zero-order valence-corrected chi connectivity index (χ0v) is 18.7. The number of benzene rings is 2.